The Labute approximate surface area is 70.9 Å². The van der Waals surface area contributed by atoms with Crippen LogP contribution in [0.4, 0.5) is 0 Å². The minimum Gasteiger partial charge on any atom is -0.472 e. The fourth-order valence-electron chi connectivity index (χ4n) is 0.656. The van der Waals surface area contributed by atoms with E-state index in [1.807, 2.05) is 19.2 Å². The maximum absolute atomic E-state index is 5.44. The second-order valence-corrected chi connectivity index (χ2v) is 3.38. The van der Waals surface area contributed by atoms with E-state index < -0.39 is 0 Å². The number of hydrogen-bond donors (Lipinski definition) is 0. The van der Waals surface area contributed by atoms with Crippen LogP contribution in [0.15, 0.2) is 23.0 Å². The van der Waals surface area contributed by atoms with Crippen LogP contribution in [0.3, 0.4) is 0 Å². The van der Waals surface area contributed by atoms with Gasteiger partial charge in [-0.1, -0.05) is 0 Å². The third kappa shape index (κ3) is 2.99. The summed E-state index contributed by atoms with van der Waals surface area (Å²) in [6, 6.07) is 1.91. The highest BCUT2D eigenvalue weighted by molar-refractivity contribution is 7.99. The fraction of sp³-hybridized carbons (Fsp3) is 0.500. The summed E-state index contributed by atoms with van der Waals surface area (Å²) in [5, 5.41) is 0. The second-order valence-electron chi connectivity index (χ2n) is 2.25. The summed E-state index contributed by atoms with van der Waals surface area (Å²) in [4.78, 5) is 0. The molecule has 2 nitrogen and oxygen atoms in total. The monoisotopic (exact) mass is 172 g/mol. The molecule has 0 aliphatic rings. The van der Waals surface area contributed by atoms with Crippen LogP contribution < -0.4 is 0 Å². The summed E-state index contributed by atoms with van der Waals surface area (Å²) >= 11 is 1.69. The molecule has 1 unspecified atom stereocenters. The van der Waals surface area contributed by atoms with Gasteiger partial charge in [0.05, 0.1) is 19.1 Å². The van der Waals surface area contributed by atoms with E-state index in [1.165, 1.54) is 0 Å². The maximum atomic E-state index is 5.44. The van der Waals surface area contributed by atoms with Crippen molar-refractivity contribution in [1.29, 1.82) is 0 Å². The SMILES string of the molecule is CSC(C)OCc1ccoc1. The van der Waals surface area contributed by atoms with Gasteiger partial charge in [-0.15, -0.1) is 11.8 Å². The van der Waals surface area contributed by atoms with Crippen molar-refractivity contribution in [2.45, 2.75) is 19.0 Å². The lowest BCUT2D eigenvalue weighted by atomic mass is 10.4. The molecule has 1 atom stereocenters. The van der Waals surface area contributed by atoms with E-state index in [1.54, 1.807) is 24.3 Å². The minimum atomic E-state index is 0.255. The first-order valence-electron chi connectivity index (χ1n) is 3.48. The van der Waals surface area contributed by atoms with E-state index in [2.05, 4.69) is 0 Å². The molecule has 0 radical (unpaired) electrons. The van der Waals surface area contributed by atoms with Crippen LogP contribution in [0.1, 0.15) is 12.5 Å². The molecule has 0 amide bonds. The zero-order chi connectivity index (χ0) is 8.10. The highest BCUT2D eigenvalue weighted by atomic mass is 32.2. The predicted octanol–water partition coefficient (Wildman–Crippen LogP) is 2.51. The van der Waals surface area contributed by atoms with Crippen LogP contribution in [0.5, 0.6) is 0 Å². The first-order valence-corrected chi connectivity index (χ1v) is 4.77. The third-order valence-electron chi connectivity index (χ3n) is 1.40. The van der Waals surface area contributed by atoms with Gasteiger partial charge in [-0.2, -0.15) is 0 Å². The number of thioether (sulfide) groups is 1. The summed E-state index contributed by atoms with van der Waals surface area (Å²) in [6.45, 7) is 2.67. The zero-order valence-corrected chi connectivity index (χ0v) is 7.56. The Morgan fingerprint density at radius 2 is 2.55 bits per heavy atom. The number of hydrogen-bond acceptors (Lipinski definition) is 3. The van der Waals surface area contributed by atoms with Crippen molar-refractivity contribution >= 4 is 11.8 Å². The van der Waals surface area contributed by atoms with Gasteiger partial charge in [-0.25, -0.2) is 0 Å². The number of rotatable bonds is 4. The molecule has 0 N–H and O–H groups in total. The third-order valence-corrected chi connectivity index (χ3v) is 2.20. The van der Waals surface area contributed by atoms with E-state index in [4.69, 9.17) is 9.15 Å². The average Bonchev–Trinajstić information content (AvgIpc) is 2.52. The first-order chi connectivity index (χ1) is 5.33. The molecule has 0 fully saturated rings. The van der Waals surface area contributed by atoms with Gasteiger partial charge in [-0.3, -0.25) is 0 Å². The minimum absolute atomic E-state index is 0.255. The van der Waals surface area contributed by atoms with Crippen molar-refractivity contribution in [1.82, 2.24) is 0 Å². The molecule has 62 valence electrons. The van der Waals surface area contributed by atoms with Gasteiger partial charge in [-0.05, 0) is 19.2 Å². The van der Waals surface area contributed by atoms with Crippen molar-refractivity contribution in [3.8, 4) is 0 Å². The van der Waals surface area contributed by atoms with Crippen LogP contribution in [-0.4, -0.2) is 11.7 Å². The predicted molar refractivity (Wildman–Crippen MR) is 46.5 cm³/mol. The van der Waals surface area contributed by atoms with E-state index in [0.717, 1.165) is 5.56 Å². The Bertz CT molecular complexity index is 184. The zero-order valence-electron chi connectivity index (χ0n) is 6.74. The molecular formula is C8H12O2S. The topological polar surface area (TPSA) is 22.4 Å². The van der Waals surface area contributed by atoms with Gasteiger partial charge in [0.1, 0.15) is 5.44 Å². The number of furan rings is 1. The molecule has 11 heavy (non-hydrogen) atoms. The van der Waals surface area contributed by atoms with Gasteiger partial charge < -0.3 is 9.15 Å². The van der Waals surface area contributed by atoms with Crippen LogP contribution >= 0.6 is 11.8 Å². The van der Waals surface area contributed by atoms with E-state index in [9.17, 15) is 0 Å². The van der Waals surface area contributed by atoms with Crippen LogP contribution in [0.25, 0.3) is 0 Å². The molecule has 0 aromatic carbocycles. The van der Waals surface area contributed by atoms with Crippen molar-refractivity contribution in [3.05, 3.63) is 24.2 Å². The van der Waals surface area contributed by atoms with Crippen LogP contribution in [0, 0.1) is 0 Å². The molecule has 1 heterocycles. The van der Waals surface area contributed by atoms with Gasteiger partial charge >= 0.3 is 0 Å². The van der Waals surface area contributed by atoms with Crippen molar-refractivity contribution in [3.63, 3.8) is 0 Å². The summed E-state index contributed by atoms with van der Waals surface area (Å²) in [6.07, 6.45) is 5.38. The molecule has 1 aromatic heterocycles. The Morgan fingerprint density at radius 1 is 1.73 bits per heavy atom. The molecule has 0 aliphatic carbocycles. The average molecular weight is 172 g/mol. The first kappa shape index (κ1) is 8.68. The Morgan fingerprint density at radius 3 is 3.09 bits per heavy atom. The maximum Gasteiger partial charge on any atom is 0.100 e. The van der Waals surface area contributed by atoms with Gasteiger partial charge in [0.15, 0.2) is 0 Å². The molecule has 0 spiro atoms. The fourth-order valence-corrected chi connectivity index (χ4v) is 0.861. The summed E-state index contributed by atoms with van der Waals surface area (Å²) in [5.41, 5.74) is 1.34. The lowest BCUT2D eigenvalue weighted by molar-refractivity contribution is 0.110. The van der Waals surface area contributed by atoms with Crippen molar-refractivity contribution in [2.75, 3.05) is 6.26 Å². The molecule has 0 saturated carbocycles. The summed E-state index contributed by atoms with van der Waals surface area (Å²) in [7, 11) is 0. The molecule has 1 rings (SSSR count). The number of ether oxygens (including phenoxy) is 1. The van der Waals surface area contributed by atoms with Crippen LogP contribution in [-0.2, 0) is 11.3 Å². The lowest BCUT2D eigenvalue weighted by Crippen LogP contribution is -2.01. The Hall–Kier alpha value is -0.410. The quantitative estimate of drug-likeness (QED) is 0.651. The van der Waals surface area contributed by atoms with E-state index in [0.29, 0.717) is 6.61 Å². The van der Waals surface area contributed by atoms with Crippen molar-refractivity contribution < 1.29 is 9.15 Å². The van der Waals surface area contributed by atoms with Gasteiger partial charge in [0.25, 0.3) is 0 Å². The van der Waals surface area contributed by atoms with Gasteiger partial charge in [0.2, 0.25) is 0 Å². The van der Waals surface area contributed by atoms with E-state index >= 15 is 0 Å². The highest BCUT2D eigenvalue weighted by Gasteiger charge is 1.99. The molecular weight excluding hydrogens is 160 g/mol. The lowest BCUT2D eigenvalue weighted by Gasteiger charge is -2.07. The van der Waals surface area contributed by atoms with Crippen LogP contribution in [0.2, 0.25) is 0 Å². The van der Waals surface area contributed by atoms with Crippen molar-refractivity contribution in [2.24, 2.45) is 0 Å². The van der Waals surface area contributed by atoms with Gasteiger partial charge in [0, 0.05) is 5.56 Å². The smallest absolute Gasteiger partial charge is 0.100 e. The summed E-state index contributed by atoms with van der Waals surface area (Å²) in [5.74, 6) is 0. The standard InChI is InChI=1S/C8H12O2S/c1-7(11-2)10-6-8-3-4-9-5-8/h3-5,7H,6H2,1-2H3. The normalized spacial score (nSPS) is 13.3. The molecule has 3 heteroatoms. The molecule has 0 bridgehead atoms. The molecule has 0 saturated heterocycles. The summed E-state index contributed by atoms with van der Waals surface area (Å²) < 4.78 is 10.3. The largest absolute Gasteiger partial charge is 0.472 e. The highest BCUT2D eigenvalue weighted by Crippen LogP contribution is 2.10. The Kier molecular flexibility index (Phi) is 3.52. The van der Waals surface area contributed by atoms with E-state index in [-0.39, 0.29) is 5.44 Å². The molecule has 0 aliphatic heterocycles. The second kappa shape index (κ2) is 4.46. The Balaban J connectivity index is 2.23. The molecule has 1 aromatic rings.